The number of hydrogen-bond donors (Lipinski definition) is 0. The van der Waals surface area contributed by atoms with Crippen molar-refractivity contribution >= 4 is 15.9 Å². The molecule has 0 unspecified atom stereocenters. The highest BCUT2D eigenvalue weighted by atomic mass is 79.9. The Morgan fingerprint density at radius 2 is 2.33 bits per heavy atom. The van der Waals surface area contributed by atoms with E-state index in [0.29, 0.717) is 0 Å². The summed E-state index contributed by atoms with van der Waals surface area (Å²) in [6.45, 7) is 0. The van der Waals surface area contributed by atoms with Crippen LogP contribution in [0.25, 0.3) is 0 Å². The van der Waals surface area contributed by atoms with Gasteiger partial charge in [-0.15, -0.1) is 0 Å². The van der Waals surface area contributed by atoms with Crippen molar-refractivity contribution in [1.82, 2.24) is 0 Å². The lowest BCUT2D eigenvalue weighted by Crippen LogP contribution is -1.80. The molecule has 0 saturated carbocycles. The third-order valence-electron chi connectivity index (χ3n) is 1.51. The Bertz CT molecular complexity index is 134. The lowest BCUT2D eigenvalue weighted by atomic mass is 10.2. The van der Waals surface area contributed by atoms with Crippen molar-refractivity contribution in [2.24, 2.45) is 0 Å². The molecule has 0 heterocycles. The van der Waals surface area contributed by atoms with Gasteiger partial charge >= 0.3 is 0 Å². The second-order valence-corrected chi connectivity index (χ2v) is 2.80. The van der Waals surface area contributed by atoms with E-state index >= 15 is 0 Å². The van der Waals surface area contributed by atoms with Crippen LogP contribution >= 0.6 is 15.9 Å². The summed E-state index contributed by atoms with van der Waals surface area (Å²) >= 11 is 3.45. The summed E-state index contributed by atoms with van der Waals surface area (Å²) in [7, 11) is 0. The maximum Gasteiger partial charge on any atom is 0.0242 e. The van der Waals surface area contributed by atoms with Crippen molar-refractivity contribution in [2.75, 3.05) is 5.33 Å². The van der Waals surface area contributed by atoms with Gasteiger partial charge in [0.15, 0.2) is 0 Å². The molecule has 0 aromatic rings. The van der Waals surface area contributed by atoms with Gasteiger partial charge in [-0.25, -0.2) is 0 Å². The van der Waals surface area contributed by atoms with E-state index in [1.54, 1.807) is 5.57 Å². The first-order chi connectivity index (χ1) is 4.43. The topological polar surface area (TPSA) is 0 Å². The molecule has 0 nitrogen and oxygen atoms in total. The Morgan fingerprint density at radius 1 is 1.44 bits per heavy atom. The molecule has 1 aliphatic carbocycles. The molecule has 0 fully saturated rings. The van der Waals surface area contributed by atoms with Crippen molar-refractivity contribution in [2.45, 2.75) is 19.3 Å². The largest absolute Gasteiger partial charge is 0.0880 e. The molecule has 0 aromatic heterocycles. The molecular weight excluding hydrogens is 176 g/mol. The van der Waals surface area contributed by atoms with E-state index in [1.807, 2.05) is 0 Å². The summed E-state index contributed by atoms with van der Waals surface area (Å²) in [6.07, 6.45) is 10.4. The quantitative estimate of drug-likeness (QED) is 0.437. The van der Waals surface area contributed by atoms with E-state index in [1.165, 1.54) is 12.8 Å². The van der Waals surface area contributed by atoms with Crippen molar-refractivity contribution in [3.63, 3.8) is 0 Å². The highest BCUT2D eigenvalue weighted by Crippen LogP contribution is 2.13. The minimum atomic E-state index is 1.05. The molecule has 0 spiro atoms. The fraction of sp³-hybridized carbons (Fsp3) is 0.500. The molecule has 1 rings (SSSR count). The molecule has 0 aromatic carbocycles. The van der Waals surface area contributed by atoms with Crippen LogP contribution in [0.1, 0.15) is 19.3 Å². The summed E-state index contributed by atoms with van der Waals surface area (Å²) in [5.41, 5.74) is 1.54. The van der Waals surface area contributed by atoms with Crippen LogP contribution in [-0.4, -0.2) is 5.33 Å². The van der Waals surface area contributed by atoms with Crippen LogP contribution in [0.2, 0.25) is 0 Å². The highest BCUT2D eigenvalue weighted by molar-refractivity contribution is 9.09. The predicted molar refractivity (Wildman–Crippen MR) is 44.9 cm³/mol. The van der Waals surface area contributed by atoms with Crippen LogP contribution < -0.4 is 0 Å². The lowest BCUT2D eigenvalue weighted by molar-refractivity contribution is 0.991. The first-order valence-electron chi connectivity index (χ1n) is 3.32. The van der Waals surface area contributed by atoms with Gasteiger partial charge in [-0.2, -0.15) is 0 Å². The van der Waals surface area contributed by atoms with Crippen molar-refractivity contribution < 1.29 is 0 Å². The van der Waals surface area contributed by atoms with Gasteiger partial charge in [0.1, 0.15) is 0 Å². The van der Waals surface area contributed by atoms with Crippen LogP contribution in [0.4, 0.5) is 0 Å². The molecule has 0 radical (unpaired) electrons. The van der Waals surface area contributed by atoms with Gasteiger partial charge in [-0.1, -0.05) is 39.7 Å². The van der Waals surface area contributed by atoms with Crippen molar-refractivity contribution in [1.29, 1.82) is 0 Å². The number of rotatable bonds is 1. The fourth-order valence-electron chi connectivity index (χ4n) is 0.941. The predicted octanol–water partition coefficient (Wildman–Crippen LogP) is 3.05. The molecule has 0 atom stereocenters. The van der Waals surface area contributed by atoms with E-state index in [-0.39, 0.29) is 0 Å². The summed E-state index contributed by atoms with van der Waals surface area (Å²) in [6, 6.07) is 0. The third-order valence-corrected chi connectivity index (χ3v) is 2.23. The molecule has 0 saturated heterocycles. The molecule has 50 valence electrons. The minimum Gasteiger partial charge on any atom is -0.0880 e. The van der Waals surface area contributed by atoms with Gasteiger partial charge < -0.3 is 0 Å². The molecule has 1 aliphatic rings. The second-order valence-electron chi connectivity index (χ2n) is 2.24. The van der Waals surface area contributed by atoms with E-state index < -0.39 is 0 Å². The van der Waals surface area contributed by atoms with E-state index in [9.17, 15) is 0 Å². The Kier molecular flexibility index (Phi) is 3.05. The average Bonchev–Trinajstić information content (AvgIpc) is 2.13. The maximum atomic E-state index is 3.45. The van der Waals surface area contributed by atoms with E-state index in [2.05, 4.69) is 34.2 Å². The van der Waals surface area contributed by atoms with Crippen molar-refractivity contribution in [3.8, 4) is 0 Å². The third kappa shape index (κ3) is 2.35. The first kappa shape index (κ1) is 7.07. The molecule has 1 heteroatoms. The van der Waals surface area contributed by atoms with E-state index in [0.717, 1.165) is 11.8 Å². The number of allylic oxidation sites excluding steroid dienone is 4. The second kappa shape index (κ2) is 3.89. The maximum absolute atomic E-state index is 3.45. The Balaban J connectivity index is 2.45. The smallest absolute Gasteiger partial charge is 0.0242 e. The highest BCUT2D eigenvalue weighted by Gasteiger charge is 1.94. The molecular formula is C8H11Br. The summed E-state index contributed by atoms with van der Waals surface area (Å²) in [4.78, 5) is 0. The van der Waals surface area contributed by atoms with Crippen LogP contribution in [0.3, 0.4) is 0 Å². The number of alkyl halides is 1. The van der Waals surface area contributed by atoms with Gasteiger partial charge in [-0.3, -0.25) is 0 Å². The number of halogens is 1. The van der Waals surface area contributed by atoms with E-state index in [4.69, 9.17) is 0 Å². The van der Waals surface area contributed by atoms with Crippen LogP contribution in [-0.2, 0) is 0 Å². The van der Waals surface area contributed by atoms with Crippen molar-refractivity contribution in [3.05, 3.63) is 23.8 Å². The van der Waals surface area contributed by atoms with Gasteiger partial charge in [-0.05, 0) is 19.3 Å². The normalized spacial score (nSPS) is 19.0. The van der Waals surface area contributed by atoms with Gasteiger partial charge in [0.2, 0.25) is 0 Å². The summed E-state index contributed by atoms with van der Waals surface area (Å²) < 4.78 is 0. The zero-order chi connectivity index (χ0) is 6.53. The fourth-order valence-corrected chi connectivity index (χ4v) is 1.45. The standard InChI is InChI=1S/C8H11Br/c9-7-8-5-3-1-2-4-6-8/h1-2,5H,3-4,6-7H2. The molecule has 0 bridgehead atoms. The van der Waals surface area contributed by atoms with Crippen LogP contribution in [0.15, 0.2) is 23.8 Å². The van der Waals surface area contributed by atoms with Crippen LogP contribution in [0.5, 0.6) is 0 Å². The first-order valence-corrected chi connectivity index (χ1v) is 4.44. The monoisotopic (exact) mass is 186 g/mol. The molecule has 0 aliphatic heterocycles. The average molecular weight is 187 g/mol. The van der Waals surface area contributed by atoms with Gasteiger partial charge in [0.05, 0.1) is 0 Å². The number of hydrogen-bond acceptors (Lipinski definition) is 0. The SMILES string of the molecule is BrCC1=CCC=CCC1. The van der Waals surface area contributed by atoms with Gasteiger partial charge in [0, 0.05) is 5.33 Å². The summed E-state index contributed by atoms with van der Waals surface area (Å²) in [5, 5.41) is 1.05. The lowest BCUT2D eigenvalue weighted by Gasteiger charge is -1.95. The molecule has 0 amide bonds. The summed E-state index contributed by atoms with van der Waals surface area (Å²) in [5.74, 6) is 0. The minimum absolute atomic E-state index is 1.05. The van der Waals surface area contributed by atoms with Crippen LogP contribution in [0, 0.1) is 0 Å². The Labute approximate surface area is 64.8 Å². The zero-order valence-electron chi connectivity index (χ0n) is 5.44. The van der Waals surface area contributed by atoms with Gasteiger partial charge in [0.25, 0.3) is 0 Å². The molecule has 9 heavy (non-hydrogen) atoms. The molecule has 0 N–H and O–H groups in total. The Morgan fingerprint density at radius 3 is 3.11 bits per heavy atom. The Hall–Kier alpha value is -0.0400. The zero-order valence-corrected chi connectivity index (χ0v) is 7.02.